The van der Waals surface area contributed by atoms with E-state index in [0.29, 0.717) is 22.5 Å². The second-order valence-corrected chi connectivity index (χ2v) is 7.39. The molecular weight excluding hydrogens is 402 g/mol. The number of halogens is 1. The lowest BCUT2D eigenvalue weighted by Crippen LogP contribution is -2.37. The van der Waals surface area contributed by atoms with Crippen molar-refractivity contribution in [3.05, 3.63) is 77.6 Å². The number of fused-ring (bicyclic) bond motifs is 1. The minimum Gasteiger partial charge on any atom is -0.480 e. The summed E-state index contributed by atoms with van der Waals surface area (Å²) >= 11 is 5.91. The Morgan fingerprint density at radius 1 is 1.10 bits per heavy atom. The molecular formula is C23H20ClN3O3. The second-order valence-electron chi connectivity index (χ2n) is 6.95. The normalized spacial score (nSPS) is 12.0. The average molecular weight is 422 g/mol. The van der Waals surface area contributed by atoms with Gasteiger partial charge in [-0.15, -0.1) is 0 Å². The fourth-order valence-electron chi connectivity index (χ4n) is 3.17. The van der Waals surface area contributed by atoms with Crippen LogP contribution in [0.25, 0.3) is 22.2 Å². The zero-order valence-corrected chi connectivity index (χ0v) is 17.3. The van der Waals surface area contributed by atoms with Gasteiger partial charge < -0.3 is 14.2 Å². The van der Waals surface area contributed by atoms with Crippen LogP contribution in [0.15, 0.2) is 71.3 Å². The van der Waals surface area contributed by atoms with E-state index in [9.17, 15) is 4.79 Å². The Kier molecular flexibility index (Phi) is 5.68. The highest BCUT2D eigenvalue weighted by molar-refractivity contribution is 6.30. The Bertz CT molecular complexity index is 1170. The van der Waals surface area contributed by atoms with Crippen molar-refractivity contribution in [3.63, 3.8) is 0 Å². The number of amides is 1. The van der Waals surface area contributed by atoms with Gasteiger partial charge >= 0.3 is 0 Å². The van der Waals surface area contributed by atoms with E-state index in [2.05, 4.69) is 10.1 Å². The molecule has 0 spiro atoms. The standard InChI is InChI=1S/C23H20ClN3O3/c1-15(29-20-9-5-7-16-6-3-4-8-19(16)20)23(28)27(2)14-21-25-22(26-30-21)17-10-12-18(24)13-11-17/h3-13,15H,14H2,1-2H3/t15-/m0/s1. The van der Waals surface area contributed by atoms with Crippen molar-refractivity contribution in [2.45, 2.75) is 19.6 Å². The van der Waals surface area contributed by atoms with Gasteiger partial charge in [0, 0.05) is 23.0 Å². The first-order chi connectivity index (χ1) is 14.5. The maximum atomic E-state index is 12.8. The van der Waals surface area contributed by atoms with Crippen LogP contribution in [-0.2, 0) is 11.3 Å². The van der Waals surface area contributed by atoms with Crippen LogP contribution in [-0.4, -0.2) is 34.1 Å². The summed E-state index contributed by atoms with van der Waals surface area (Å²) in [6.07, 6.45) is -0.667. The van der Waals surface area contributed by atoms with Gasteiger partial charge in [0.25, 0.3) is 5.91 Å². The molecule has 1 atom stereocenters. The van der Waals surface area contributed by atoms with E-state index in [0.717, 1.165) is 16.3 Å². The van der Waals surface area contributed by atoms with Crippen LogP contribution in [0.1, 0.15) is 12.8 Å². The van der Waals surface area contributed by atoms with Crippen LogP contribution in [0, 0.1) is 0 Å². The third-order valence-electron chi connectivity index (χ3n) is 4.72. The van der Waals surface area contributed by atoms with E-state index in [1.54, 1.807) is 26.1 Å². The molecule has 0 aliphatic heterocycles. The molecule has 3 aromatic carbocycles. The zero-order valence-electron chi connectivity index (χ0n) is 16.6. The third-order valence-corrected chi connectivity index (χ3v) is 4.97. The predicted molar refractivity (Wildman–Crippen MR) is 115 cm³/mol. The highest BCUT2D eigenvalue weighted by Gasteiger charge is 2.22. The molecule has 1 aromatic heterocycles. The zero-order chi connectivity index (χ0) is 21.1. The summed E-state index contributed by atoms with van der Waals surface area (Å²) in [5, 5.41) is 6.63. The average Bonchev–Trinajstić information content (AvgIpc) is 3.22. The topological polar surface area (TPSA) is 68.5 Å². The van der Waals surface area contributed by atoms with Gasteiger partial charge in [-0.1, -0.05) is 53.2 Å². The second kappa shape index (κ2) is 8.55. The maximum Gasteiger partial charge on any atom is 0.263 e. The third kappa shape index (κ3) is 4.28. The number of aromatic nitrogens is 2. The lowest BCUT2D eigenvalue weighted by atomic mass is 10.1. The molecule has 6 nitrogen and oxygen atoms in total. The summed E-state index contributed by atoms with van der Waals surface area (Å²) in [6, 6.07) is 20.8. The van der Waals surface area contributed by atoms with Gasteiger partial charge in [0.15, 0.2) is 6.10 Å². The molecule has 1 amide bonds. The number of carbonyl (C=O) groups is 1. The maximum absolute atomic E-state index is 12.8. The molecule has 4 rings (SSSR count). The SMILES string of the molecule is C[C@H](Oc1cccc2ccccc12)C(=O)N(C)Cc1nc(-c2ccc(Cl)cc2)no1. The smallest absolute Gasteiger partial charge is 0.263 e. The highest BCUT2D eigenvalue weighted by atomic mass is 35.5. The van der Waals surface area contributed by atoms with E-state index in [1.807, 2.05) is 54.6 Å². The summed E-state index contributed by atoms with van der Waals surface area (Å²) in [4.78, 5) is 18.7. The Balaban J connectivity index is 1.42. The molecule has 0 N–H and O–H groups in total. The molecule has 152 valence electrons. The van der Waals surface area contributed by atoms with Gasteiger partial charge in [0.2, 0.25) is 11.7 Å². The van der Waals surface area contributed by atoms with E-state index in [-0.39, 0.29) is 12.5 Å². The van der Waals surface area contributed by atoms with E-state index >= 15 is 0 Å². The first-order valence-electron chi connectivity index (χ1n) is 9.49. The molecule has 7 heteroatoms. The molecule has 0 bridgehead atoms. The number of ether oxygens (including phenoxy) is 1. The number of hydrogen-bond acceptors (Lipinski definition) is 5. The van der Waals surface area contributed by atoms with Crippen LogP contribution < -0.4 is 4.74 Å². The van der Waals surface area contributed by atoms with Gasteiger partial charge in [-0.05, 0) is 42.6 Å². The van der Waals surface area contributed by atoms with Crippen molar-refractivity contribution >= 4 is 28.3 Å². The summed E-state index contributed by atoms with van der Waals surface area (Å²) < 4.78 is 11.3. The largest absolute Gasteiger partial charge is 0.480 e. The molecule has 0 saturated carbocycles. The first kappa shape index (κ1) is 19.9. The number of likely N-dealkylation sites (N-methyl/N-ethyl adjacent to an activating group) is 1. The monoisotopic (exact) mass is 421 g/mol. The summed E-state index contributed by atoms with van der Waals surface area (Å²) in [6.45, 7) is 1.91. The first-order valence-corrected chi connectivity index (χ1v) is 9.87. The predicted octanol–water partition coefficient (Wildman–Crippen LogP) is 4.97. The van der Waals surface area contributed by atoms with Gasteiger partial charge in [-0.2, -0.15) is 4.98 Å². The Morgan fingerprint density at radius 2 is 1.83 bits per heavy atom. The Labute approximate surface area is 179 Å². The number of benzene rings is 3. The molecule has 30 heavy (non-hydrogen) atoms. The van der Waals surface area contributed by atoms with Gasteiger partial charge in [0.1, 0.15) is 5.75 Å². The quantitative estimate of drug-likeness (QED) is 0.439. The molecule has 0 unspecified atom stereocenters. The van der Waals surface area contributed by atoms with Crippen LogP contribution in [0.4, 0.5) is 0 Å². The lowest BCUT2D eigenvalue weighted by Gasteiger charge is -2.21. The van der Waals surface area contributed by atoms with Crippen molar-refractivity contribution in [2.24, 2.45) is 0 Å². The summed E-state index contributed by atoms with van der Waals surface area (Å²) in [5.41, 5.74) is 0.788. The van der Waals surface area contributed by atoms with Crippen LogP contribution in [0.5, 0.6) is 5.75 Å². The molecule has 4 aromatic rings. The molecule has 0 aliphatic rings. The van der Waals surface area contributed by atoms with E-state index in [4.69, 9.17) is 20.9 Å². The Morgan fingerprint density at radius 3 is 2.63 bits per heavy atom. The lowest BCUT2D eigenvalue weighted by molar-refractivity contribution is -0.137. The van der Waals surface area contributed by atoms with Gasteiger partial charge in [0.05, 0.1) is 6.54 Å². The van der Waals surface area contributed by atoms with Crippen molar-refractivity contribution in [1.29, 1.82) is 0 Å². The van der Waals surface area contributed by atoms with E-state index < -0.39 is 6.10 Å². The number of nitrogens with zero attached hydrogens (tertiary/aromatic N) is 3. The fourth-order valence-corrected chi connectivity index (χ4v) is 3.29. The van der Waals surface area contributed by atoms with Crippen molar-refractivity contribution in [2.75, 3.05) is 7.05 Å². The van der Waals surface area contributed by atoms with Crippen molar-refractivity contribution < 1.29 is 14.1 Å². The minimum atomic E-state index is -0.667. The fraction of sp³-hybridized carbons (Fsp3) is 0.174. The number of rotatable bonds is 6. The molecule has 0 radical (unpaired) electrons. The Hall–Kier alpha value is -3.38. The van der Waals surface area contributed by atoms with E-state index in [1.165, 1.54) is 4.90 Å². The summed E-state index contributed by atoms with van der Waals surface area (Å²) in [7, 11) is 1.68. The van der Waals surface area contributed by atoms with Crippen LogP contribution >= 0.6 is 11.6 Å². The van der Waals surface area contributed by atoms with Gasteiger partial charge in [-0.25, -0.2) is 0 Å². The number of carbonyl (C=O) groups excluding carboxylic acids is 1. The van der Waals surface area contributed by atoms with Crippen molar-refractivity contribution in [3.8, 4) is 17.1 Å². The molecule has 0 saturated heterocycles. The highest BCUT2D eigenvalue weighted by Crippen LogP contribution is 2.26. The van der Waals surface area contributed by atoms with Crippen LogP contribution in [0.3, 0.4) is 0 Å². The summed E-state index contributed by atoms with van der Waals surface area (Å²) in [5.74, 6) is 1.27. The van der Waals surface area contributed by atoms with Gasteiger partial charge in [-0.3, -0.25) is 4.79 Å². The van der Waals surface area contributed by atoms with Crippen LogP contribution in [0.2, 0.25) is 5.02 Å². The molecule has 0 fully saturated rings. The minimum absolute atomic E-state index is 0.183. The van der Waals surface area contributed by atoms with Crippen molar-refractivity contribution in [1.82, 2.24) is 15.0 Å². The number of hydrogen-bond donors (Lipinski definition) is 0. The molecule has 1 heterocycles. The molecule has 0 aliphatic carbocycles.